The third-order valence-corrected chi connectivity index (χ3v) is 2.33. The minimum absolute atomic E-state index is 0.284. The molecule has 2 rings (SSSR count). The summed E-state index contributed by atoms with van der Waals surface area (Å²) < 4.78 is 5.62. The first-order chi connectivity index (χ1) is 8.88. The first-order valence-corrected chi connectivity index (χ1v) is 5.50. The van der Waals surface area contributed by atoms with E-state index in [-0.39, 0.29) is 6.54 Å². The average molecular weight is 240 g/mol. The van der Waals surface area contributed by atoms with Crippen LogP contribution in [0.3, 0.4) is 0 Å². The molecular weight excluding hydrogens is 228 g/mol. The van der Waals surface area contributed by atoms with Crippen molar-refractivity contribution in [2.75, 3.05) is 0 Å². The predicted octanol–water partition coefficient (Wildman–Crippen LogP) is 3.47. The minimum atomic E-state index is 0.284. The summed E-state index contributed by atoms with van der Waals surface area (Å²) in [5.74, 6) is 0.671. The van der Waals surface area contributed by atoms with Crippen molar-refractivity contribution in [3.63, 3.8) is 0 Å². The van der Waals surface area contributed by atoms with Crippen molar-refractivity contribution in [1.82, 2.24) is 4.98 Å². The van der Waals surface area contributed by atoms with Gasteiger partial charge in [-0.2, -0.15) is 0 Å². The van der Waals surface area contributed by atoms with Gasteiger partial charge in [-0.1, -0.05) is 35.4 Å². The SMILES string of the molecule is [N-]=[N+]=NCc1cncc(OCc2ccccc2)c1. The van der Waals surface area contributed by atoms with Crippen molar-refractivity contribution >= 4 is 0 Å². The maximum absolute atomic E-state index is 8.26. The van der Waals surface area contributed by atoms with Crippen molar-refractivity contribution < 1.29 is 4.74 Å². The molecule has 0 atom stereocenters. The summed E-state index contributed by atoms with van der Waals surface area (Å²) in [6.45, 7) is 0.777. The maximum Gasteiger partial charge on any atom is 0.138 e. The number of hydrogen-bond acceptors (Lipinski definition) is 3. The number of benzene rings is 1. The molecule has 0 aliphatic heterocycles. The minimum Gasteiger partial charge on any atom is -0.487 e. The van der Waals surface area contributed by atoms with Gasteiger partial charge in [-0.05, 0) is 22.7 Å². The Bertz CT molecular complexity index is 550. The summed E-state index contributed by atoms with van der Waals surface area (Å²) in [6, 6.07) is 11.7. The van der Waals surface area contributed by atoms with E-state index in [4.69, 9.17) is 10.3 Å². The van der Waals surface area contributed by atoms with Gasteiger partial charge in [0.25, 0.3) is 0 Å². The summed E-state index contributed by atoms with van der Waals surface area (Å²) in [7, 11) is 0. The molecule has 2 aromatic rings. The van der Waals surface area contributed by atoms with E-state index in [9.17, 15) is 0 Å². The van der Waals surface area contributed by atoms with Crippen LogP contribution in [0.4, 0.5) is 0 Å². The van der Waals surface area contributed by atoms with Crippen LogP contribution in [0.25, 0.3) is 10.4 Å². The molecule has 0 aliphatic rings. The number of ether oxygens (including phenoxy) is 1. The van der Waals surface area contributed by atoms with Crippen molar-refractivity contribution in [2.45, 2.75) is 13.2 Å². The van der Waals surface area contributed by atoms with Crippen LogP contribution in [0.5, 0.6) is 5.75 Å². The first-order valence-electron chi connectivity index (χ1n) is 5.50. The Kier molecular flexibility index (Phi) is 4.16. The topological polar surface area (TPSA) is 70.9 Å². The van der Waals surface area contributed by atoms with Gasteiger partial charge in [0.2, 0.25) is 0 Å². The highest BCUT2D eigenvalue weighted by atomic mass is 16.5. The zero-order valence-electron chi connectivity index (χ0n) is 9.73. The Balaban J connectivity index is 1.99. The lowest BCUT2D eigenvalue weighted by molar-refractivity contribution is 0.304. The summed E-state index contributed by atoms with van der Waals surface area (Å²) in [6.07, 6.45) is 3.30. The van der Waals surface area contributed by atoms with Crippen LogP contribution >= 0.6 is 0 Å². The second kappa shape index (κ2) is 6.27. The molecular formula is C13H12N4O. The van der Waals surface area contributed by atoms with Crippen molar-refractivity contribution in [1.29, 1.82) is 0 Å². The van der Waals surface area contributed by atoms with Gasteiger partial charge in [0.1, 0.15) is 12.4 Å². The standard InChI is InChI=1S/C13H12N4O/c14-17-16-8-12-6-13(9-15-7-12)18-10-11-4-2-1-3-5-11/h1-7,9H,8,10H2. The van der Waals surface area contributed by atoms with Crippen LogP contribution in [0, 0.1) is 0 Å². The zero-order chi connectivity index (χ0) is 12.6. The number of rotatable bonds is 5. The molecule has 1 aromatic heterocycles. The van der Waals surface area contributed by atoms with E-state index in [1.807, 2.05) is 36.4 Å². The number of azide groups is 1. The van der Waals surface area contributed by atoms with E-state index in [0.29, 0.717) is 12.4 Å². The lowest BCUT2D eigenvalue weighted by atomic mass is 10.2. The van der Waals surface area contributed by atoms with Gasteiger partial charge < -0.3 is 4.74 Å². The molecule has 90 valence electrons. The molecule has 0 spiro atoms. The molecule has 0 fully saturated rings. The summed E-state index contributed by atoms with van der Waals surface area (Å²) >= 11 is 0. The molecule has 1 aromatic carbocycles. The van der Waals surface area contributed by atoms with Gasteiger partial charge in [-0.3, -0.25) is 4.98 Å². The van der Waals surface area contributed by atoms with E-state index in [2.05, 4.69) is 15.0 Å². The van der Waals surface area contributed by atoms with Crippen LogP contribution in [0.15, 0.2) is 53.9 Å². The van der Waals surface area contributed by atoms with Crippen molar-refractivity contribution in [3.8, 4) is 5.75 Å². The van der Waals surface area contributed by atoms with Gasteiger partial charge in [0.05, 0.1) is 12.7 Å². The van der Waals surface area contributed by atoms with E-state index >= 15 is 0 Å². The van der Waals surface area contributed by atoms with Crippen molar-refractivity contribution in [2.24, 2.45) is 5.11 Å². The van der Waals surface area contributed by atoms with E-state index in [0.717, 1.165) is 11.1 Å². The molecule has 0 saturated heterocycles. The van der Waals surface area contributed by atoms with Gasteiger partial charge in [0.15, 0.2) is 0 Å². The zero-order valence-corrected chi connectivity index (χ0v) is 9.73. The molecule has 18 heavy (non-hydrogen) atoms. The second-order valence-corrected chi connectivity index (χ2v) is 3.69. The Morgan fingerprint density at radius 3 is 2.78 bits per heavy atom. The molecule has 1 heterocycles. The van der Waals surface area contributed by atoms with E-state index in [1.165, 1.54) is 0 Å². The summed E-state index contributed by atoms with van der Waals surface area (Å²) in [4.78, 5) is 6.75. The molecule has 0 saturated carbocycles. The molecule has 5 nitrogen and oxygen atoms in total. The lowest BCUT2D eigenvalue weighted by Gasteiger charge is -2.06. The van der Waals surface area contributed by atoms with Gasteiger partial charge in [-0.15, -0.1) is 0 Å². The number of pyridine rings is 1. The van der Waals surface area contributed by atoms with Crippen LogP contribution in [-0.4, -0.2) is 4.98 Å². The van der Waals surface area contributed by atoms with Crippen LogP contribution < -0.4 is 4.74 Å². The molecule has 0 N–H and O–H groups in total. The fraction of sp³-hybridized carbons (Fsp3) is 0.154. The monoisotopic (exact) mass is 240 g/mol. The first kappa shape index (κ1) is 12.0. The molecule has 5 heteroatoms. The fourth-order valence-electron chi connectivity index (χ4n) is 1.48. The molecule has 0 aliphatic carbocycles. The summed E-state index contributed by atoms with van der Waals surface area (Å²) in [5.41, 5.74) is 10.2. The largest absolute Gasteiger partial charge is 0.487 e. The Hall–Kier alpha value is -2.52. The number of aromatic nitrogens is 1. The van der Waals surface area contributed by atoms with Gasteiger partial charge in [0, 0.05) is 11.1 Å². The van der Waals surface area contributed by atoms with Crippen molar-refractivity contribution in [3.05, 3.63) is 70.4 Å². The Morgan fingerprint density at radius 1 is 1.17 bits per heavy atom. The molecule has 0 radical (unpaired) electrons. The van der Waals surface area contributed by atoms with Crippen LogP contribution in [-0.2, 0) is 13.2 Å². The van der Waals surface area contributed by atoms with E-state index in [1.54, 1.807) is 12.4 Å². The molecule has 0 bridgehead atoms. The number of hydrogen-bond donors (Lipinski definition) is 0. The number of nitrogens with zero attached hydrogens (tertiary/aromatic N) is 4. The van der Waals surface area contributed by atoms with Gasteiger partial charge >= 0.3 is 0 Å². The Labute approximate surface area is 105 Å². The average Bonchev–Trinajstić information content (AvgIpc) is 2.44. The highest BCUT2D eigenvalue weighted by molar-refractivity contribution is 5.24. The smallest absolute Gasteiger partial charge is 0.138 e. The molecule has 0 amide bonds. The van der Waals surface area contributed by atoms with Gasteiger partial charge in [-0.25, -0.2) is 0 Å². The van der Waals surface area contributed by atoms with Crippen LogP contribution in [0.1, 0.15) is 11.1 Å². The lowest BCUT2D eigenvalue weighted by Crippen LogP contribution is -1.96. The third-order valence-electron chi connectivity index (χ3n) is 2.33. The highest BCUT2D eigenvalue weighted by Crippen LogP contribution is 2.14. The highest BCUT2D eigenvalue weighted by Gasteiger charge is 1.98. The molecule has 0 unspecified atom stereocenters. The van der Waals surface area contributed by atoms with Crippen LogP contribution in [0.2, 0.25) is 0 Å². The maximum atomic E-state index is 8.26. The quantitative estimate of drug-likeness (QED) is 0.456. The van der Waals surface area contributed by atoms with E-state index < -0.39 is 0 Å². The summed E-state index contributed by atoms with van der Waals surface area (Å²) in [5, 5.41) is 3.49. The third kappa shape index (κ3) is 3.50. The Morgan fingerprint density at radius 2 is 2.00 bits per heavy atom. The normalized spacial score (nSPS) is 9.56. The second-order valence-electron chi connectivity index (χ2n) is 3.69. The fourth-order valence-corrected chi connectivity index (χ4v) is 1.48. The predicted molar refractivity (Wildman–Crippen MR) is 67.9 cm³/mol.